The van der Waals surface area contributed by atoms with Crippen LogP contribution < -0.4 is 9.47 Å². The maximum absolute atomic E-state index is 9.43. The van der Waals surface area contributed by atoms with Crippen molar-refractivity contribution in [3.05, 3.63) is 192 Å². The van der Waals surface area contributed by atoms with E-state index in [4.69, 9.17) is 9.47 Å². The van der Waals surface area contributed by atoms with Gasteiger partial charge in [-0.1, -0.05) is 97.1 Å². The SMILES string of the molecule is OCCOc1ccc2cc(C3(c4ccc5cc(OCCO)ccc5c4)c4cc(-c5cc6ccccc6s5)ccc4-c4ccc(-c5cc6ccccc6s5)cc43)ccc2c1. The molecule has 2 heterocycles. The first-order valence-electron chi connectivity index (χ1n) is 19.9. The van der Waals surface area contributed by atoms with Gasteiger partial charge in [-0.2, -0.15) is 0 Å². The Morgan fingerprint density at radius 1 is 0.407 bits per heavy atom. The second-order valence-electron chi connectivity index (χ2n) is 15.2. The van der Waals surface area contributed by atoms with Gasteiger partial charge < -0.3 is 19.7 Å². The van der Waals surface area contributed by atoms with Gasteiger partial charge in [0.05, 0.1) is 18.6 Å². The molecular formula is C53H38O4S2. The Kier molecular flexibility index (Phi) is 8.82. The molecule has 0 spiro atoms. The third-order valence-corrected chi connectivity index (χ3v) is 14.1. The molecule has 0 saturated heterocycles. The fourth-order valence-electron chi connectivity index (χ4n) is 9.09. The first-order chi connectivity index (χ1) is 29.1. The van der Waals surface area contributed by atoms with Crippen LogP contribution in [0.1, 0.15) is 22.3 Å². The van der Waals surface area contributed by atoms with E-state index in [1.807, 2.05) is 34.8 Å². The van der Waals surface area contributed by atoms with Crippen molar-refractivity contribution in [3.63, 3.8) is 0 Å². The predicted octanol–water partition coefficient (Wildman–Crippen LogP) is 12.9. The Balaban J connectivity index is 1.20. The van der Waals surface area contributed by atoms with E-state index in [0.717, 1.165) is 33.0 Å². The van der Waals surface area contributed by atoms with Crippen LogP contribution in [0.2, 0.25) is 0 Å². The van der Waals surface area contributed by atoms with Crippen LogP contribution in [-0.2, 0) is 5.41 Å². The highest BCUT2D eigenvalue weighted by molar-refractivity contribution is 7.22. The lowest BCUT2D eigenvalue weighted by Crippen LogP contribution is -2.28. The molecule has 0 bridgehead atoms. The Labute approximate surface area is 349 Å². The summed E-state index contributed by atoms with van der Waals surface area (Å²) in [7, 11) is 0. The van der Waals surface area contributed by atoms with Crippen molar-refractivity contribution in [1.82, 2.24) is 0 Å². The molecular weight excluding hydrogens is 765 g/mol. The first kappa shape index (κ1) is 35.8. The van der Waals surface area contributed by atoms with Crippen molar-refractivity contribution in [2.24, 2.45) is 0 Å². The highest BCUT2D eigenvalue weighted by atomic mass is 32.1. The number of aliphatic hydroxyl groups excluding tert-OH is 2. The van der Waals surface area contributed by atoms with Crippen LogP contribution in [-0.4, -0.2) is 36.6 Å². The zero-order valence-electron chi connectivity index (χ0n) is 32.0. The van der Waals surface area contributed by atoms with Gasteiger partial charge >= 0.3 is 0 Å². The summed E-state index contributed by atoms with van der Waals surface area (Å²) in [6.07, 6.45) is 0. The van der Waals surface area contributed by atoms with Crippen molar-refractivity contribution in [2.75, 3.05) is 26.4 Å². The molecule has 6 heteroatoms. The van der Waals surface area contributed by atoms with Crippen LogP contribution in [0.4, 0.5) is 0 Å². The smallest absolute Gasteiger partial charge is 0.120 e. The average Bonchev–Trinajstić information content (AvgIpc) is 4.00. The number of hydrogen-bond donors (Lipinski definition) is 2. The van der Waals surface area contributed by atoms with Crippen molar-refractivity contribution < 1.29 is 19.7 Å². The summed E-state index contributed by atoms with van der Waals surface area (Å²) in [6, 6.07) is 62.2. The molecule has 4 nitrogen and oxygen atoms in total. The fourth-order valence-corrected chi connectivity index (χ4v) is 11.2. The Morgan fingerprint density at radius 3 is 1.31 bits per heavy atom. The lowest BCUT2D eigenvalue weighted by atomic mass is 9.66. The number of aliphatic hydroxyl groups is 2. The van der Waals surface area contributed by atoms with E-state index in [1.54, 1.807) is 0 Å². The largest absolute Gasteiger partial charge is 0.491 e. The monoisotopic (exact) mass is 802 g/mol. The third kappa shape index (κ3) is 6.02. The van der Waals surface area contributed by atoms with Crippen molar-refractivity contribution in [2.45, 2.75) is 5.41 Å². The van der Waals surface area contributed by atoms with Gasteiger partial charge in [0, 0.05) is 19.2 Å². The van der Waals surface area contributed by atoms with Gasteiger partial charge in [0.1, 0.15) is 24.7 Å². The molecule has 1 aliphatic rings. The van der Waals surface area contributed by atoms with E-state index < -0.39 is 5.41 Å². The molecule has 0 saturated carbocycles. The number of hydrogen-bond acceptors (Lipinski definition) is 6. The van der Waals surface area contributed by atoms with Crippen LogP contribution in [0.25, 0.3) is 73.7 Å². The van der Waals surface area contributed by atoms with Gasteiger partial charge in [-0.15, -0.1) is 22.7 Å². The molecule has 2 N–H and O–H groups in total. The second-order valence-corrected chi connectivity index (χ2v) is 17.3. The highest BCUT2D eigenvalue weighted by Gasteiger charge is 2.47. The van der Waals surface area contributed by atoms with Crippen LogP contribution in [0.3, 0.4) is 0 Å². The van der Waals surface area contributed by atoms with Crippen LogP contribution in [0.15, 0.2) is 170 Å². The van der Waals surface area contributed by atoms with E-state index in [2.05, 4.69) is 158 Å². The molecule has 0 amide bonds. The van der Waals surface area contributed by atoms with Gasteiger partial charge in [0.25, 0.3) is 0 Å². The molecule has 59 heavy (non-hydrogen) atoms. The molecule has 286 valence electrons. The van der Waals surface area contributed by atoms with Gasteiger partial charge in [-0.05, 0) is 150 Å². The molecule has 10 aromatic rings. The zero-order valence-corrected chi connectivity index (χ0v) is 33.7. The Bertz CT molecular complexity index is 2950. The maximum atomic E-state index is 9.43. The van der Waals surface area contributed by atoms with Gasteiger partial charge in [0.2, 0.25) is 0 Å². The minimum atomic E-state index is -0.690. The average molecular weight is 803 g/mol. The summed E-state index contributed by atoms with van der Waals surface area (Å²) in [5.41, 5.74) is 9.03. The first-order valence-corrected chi connectivity index (χ1v) is 21.6. The van der Waals surface area contributed by atoms with E-state index >= 15 is 0 Å². The Hall–Kier alpha value is -6.28. The molecule has 0 radical (unpaired) electrons. The zero-order chi connectivity index (χ0) is 39.5. The van der Waals surface area contributed by atoms with E-state index in [1.165, 1.54) is 74.4 Å². The topological polar surface area (TPSA) is 58.9 Å². The standard InChI is InChI=1S/C53H38O4S2/c54-21-23-56-43-17-11-33-25-41(15-9-35(33)27-43)53(42-16-10-36-28-44(57-24-22-55)18-12-34(36)26-42)47-29-39(51-31-37-5-1-3-7-49(37)58-51)13-19-45(47)46-20-14-40(30-48(46)53)52-32-38-6-2-4-8-50(38)59-52/h1-20,25-32,54-55H,21-24H2. The third-order valence-electron chi connectivity index (χ3n) is 11.8. The summed E-state index contributed by atoms with van der Waals surface area (Å²) in [5, 5.41) is 25.7. The minimum absolute atomic E-state index is 0.0337. The minimum Gasteiger partial charge on any atom is -0.491 e. The van der Waals surface area contributed by atoms with Crippen LogP contribution >= 0.6 is 22.7 Å². The molecule has 2 aromatic heterocycles. The normalized spacial score (nSPS) is 13.0. The molecule has 8 aromatic carbocycles. The number of ether oxygens (including phenoxy) is 2. The Morgan fingerprint density at radius 2 is 0.847 bits per heavy atom. The van der Waals surface area contributed by atoms with E-state index in [9.17, 15) is 10.2 Å². The summed E-state index contributed by atoms with van der Waals surface area (Å²) >= 11 is 3.67. The molecule has 0 atom stereocenters. The van der Waals surface area contributed by atoms with E-state index in [0.29, 0.717) is 0 Å². The van der Waals surface area contributed by atoms with Gasteiger partial charge in [-0.3, -0.25) is 0 Å². The molecule has 0 unspecified atom stereocenters. The number of rotatable bonds is 10. The molecule has 0 fully saturated rings. The number of fused-ring (bicyclic) bond motifs is 7. The van der Waals surface area contributed by atoms with E-state index in [-0.39, 0.29) is 26.4 Å². The number of benzene rings is 8. The second kappa shape index (κ2) is 14.5. The molecule has 1 aliphatic carbocycles. The summed E-state index contributed by atoms with van der Waals surface area (Å²) < 4.78 is 14.2. The van der Waals surface area contributed by atoms with Crippen LogP contribution in [0, 0.1) is 0 Å². The molecule has 11 rings (SSSR count). The highest BCUT2D eigenvalue weighted by Crippen LogP contribution is 2.58. The van der Waals surface area contributed by atoms with Crippen molar-refractivity contribution >= 4 is 64.4 Å². The van der Waals surface area contributed by atoms with Gasteiger partial charge in [0.15, 0.2) is 0 Å². The summed E-state index contributed by atoms with van der Waals surface area (Å²) in [6.45, 7) is 0.436. The van der Waals surface area contributed by atoms with Crippen molar-refractivity contribution in [1.29, 1.82) is 0 Å². The van der Waals surface area contributed by atoms with Crippen LogP contribution in [0.5, 0.6) is 11.5 Å². The summed E-state index contributed by atoms with van der Waals surface area (Å²) in [5.74, 6) is 1.48. The summed E-state index contributed by atoms with van der Waals surface area (Å²) in [4.78, 5) is 2.49. The van der Waals surface area contributed by atoms with Gasteiger partial charge in [-0.25, -0.2) is 0 Å². The lowest BCUT2D eigenvalue weighted by molar-refractivity contribution is 0.201. The quantitative estimate of drug-likeness (QED) is 0.145. The molecule has 0 aliphatic heterocycles. The number of thiophene rings is 2. The predicted molar refractivity (Wildman–Crippen MR) is 246 cm³/mol. The fraction of sp³-hybridized carbons (Fsp3) is 0.0943. The maximum Gasteiger partial charge on any atom is 0.120 e. The lowest BCUT2D eigenvalue weighted by Gasteiger charge is -2.35. The van der Waals surface area contributed by atoms with Crippen molar-refractivity contribution in [3.8, 4) is 43.5 Å².